The van der Waals surface area contributed by atoms with Crippen LogP contribution < -0.4 is 10.1 Å². The molecule has 3 aliphatic rings. The quantitative estimate of drug-likeness (QED) is 0.817. The predicted molar refractivity (Wildman–Crippen MR) is 117 cm³/mol. The first-order chi connectivity index (χ1) is 14.2. The third-order valence-electron chi connectivity index (χ3n) is 6.78. The van der Waals surface area contributed by atoms with Gasteiger partial charge in [0, 0.05) is 23.7 Å². The number of anilines is 1. The minimum atomic E-state index is 0.465. The van der Waals surface area contributed by atoms with Gasteiger partial charge in [0.2, 0.25) is 0 Å². The molecular formula is C24H32N4O. The van der Waals surface area contributed by atoms with E-state index in [-0.39, 0.29) is 0 Å². The zero-order valence-electron chi connectivity index (χ0n) is 17.7. The number of nitrogens with zero attached hydrogens (tertiary/aromatic N) is 3. The van der Waals surface area contributed by atoms with Crippen molar-refractivity contribution in [3.05, 3.63) is 34.9 Å². The first-order valence-electron chi connectivity index (χ1n) is 11.2. The number of rotatable bonds is 5. The second-order valence-electron chi connectivity index (χ2n) is 9.04. The monoisotopic (exact) mass is 392 g/mol. The normalized spacial score (nSPS) is 22.2. The third-order valence-corrected chi connectivity index (χ3v) is 6.78. The van der Waals surface area contributed by atoms with Gasteiger partial charge in [0.15, 0.2) is 5.82 Å². The van der Waals surface area contributed by atoms with E-state index in [9.17, 15) is 0 Å². The van der Waals surface area contributed by atoms with Crippen molar-refractivity contribution in [3.63, 3.8) is 0 Å². The molecular weight excluding hydrogens is 360 g/mol. The average molecular weight is 393 g/mol. The summed E-state index contributed by atoms with van der Waals surface area (Å²) in [6.45, 7) is 2.27. The van der Waals surface area contributed by atoms with Crippen LogP contribution in [-0.4, -0.2) is 48.4 Å². The van der Waals surface area contributed by atoms with Crippen molar-refractivity contribution >= 4 is 5.82 Å². The molecule has 0 radical (unpaired) electrons. The summed E-state index contributed by atoms with van der Waals surface area (Å²) in [5, 5.41) is 13.2. The fourth-order valence-corrected chi connectivity index (χ4v) is 5.03. The minimum Gasteiger partial charge on any atom is -0.496 e. The summed E-state index contributed by atoms with van der Waals surface area (Å²) in [5.41, 5.74) is 6.25. The van der Waals surface area contributed by atoms with E-state index in [1.165, 1.54) is 61.8 Å². The maximum absolute atomic E-state index is 5.78. The number of methoxy groups -OCH3 is 1. The fraction of sp³-hybridized carbons (Fsp3) is 0.583. The summed E-state index contributed by atoms with van der Waals surface area (Å²) in [6.07, 6.45) is 9.67. The van der Waals surface area contributed by atoms with E-state index >= 15 is 0 Å². The van der Waals surface area contributed by atoms with Crippen molar-refractivity contribution in [1.82, 2.24) is 15.1 Å². The van der Waals surface area contributed by atoms with E-state index in [0.717, 1.165) is 48.1 Å². The van der Waals surface area contributed by atoms with Gasteiger partial charge in [0.25, 0.3) is 0 Å². The molecule has 1 aromatic heterocycles. The average Bonchev–Trinajstić information content (AvgIpc) is 3.59. The van der Waals surface area contributed by atoms with Gasteiger partial charge in [-0.1, -0.05) is 6.07 Å². The van der Waals surface area contributed by atoms with Crippen LogP contribution in [0.2, 0.25) is 0 Å². The van der Waals surface area contributed by atoms with Gasteiger partial charge in [-0.15, -0.1) is 10.2 Å². The number of ether oxygens (including phenoxy) is 1. The number of piperidine rings is 1. The highest BCUT2D eigenvalue weighted by Gasteiger charge is 2.27. The Labute approximate surface area is 173 Å². The van der Waals surface area contributed by atoms with Gasteiger partial charge in [0.05, 0.1) is 7.11 Å². The molecule has 1 aromatic carbocycles. The van der Waals surface area contributed by atoms with E-state index in [1.54, 1.807) is 7.11 Å². The fourth-order valence-electron chi connectivity index (χ4n) is 5.03. The lowest BCUT2D eigenvalue weighted by atomic mass is 9.88. The Kier molecular flexibility index (Phi) is 5.17. The first kappa shape index (κ1) is 18.9. The molecule has 5 nitrogen and oxygen atoms in total. The molecule has 2 heterocycles. The Morgan fingerprint density at radius 1 is 1.03 bits per heavy atom. The standard InChI is InChI=1S/C24H32N4O/c1-28-13-5-6-18(15-28)25-24-20-8-4-3-7-19(20)23(26-27-24)21-12-11-17(16-9-10-16)14-22(21)29-2/h11-12,14,16,18H,3-10,13,15H2,1-2H3,(H,25,27)/t18-/m1/s1. The van der Waals surface area contributed by atoms with Crippen molar-refractivity contribution in [2.45, 2.75) is 63.3 Å². The molecule has 2 aliphatic carbocycles. The lowest BCUT2D eigenvalue weighted by Gasteiger charge is -2.31. The van der Waals surface area contributed by atoms with Crippen molar-refractivity contribution in [2.75, 3.05) is 32.6 Å². The van der Waals surface area contributed by atoms with E-state index in [0.29, 0.717) is 6.04 Å². The maximum Gasteiger partial charge on any atom is 0.152 e. The maximum atomic E-state index is 5.78. The van der Waals surface area contributed by atoms with Crippen LogP contribution >= 0.6 is 0 Å². The van der Waals surface area contributed by atoms with Crippen LogP contribution in [0.1, 0.15) is 61.1 Å². The second-order valence-corrected chi connectivity index (χ2v) is 9.04. The molecule has 1 saturated carbocycles. The molecule has 0 spiro atoms. The number of fused-ring (bicyclic) bond motifs is 1. The molecule has 0 unspecified atom stereocenters. The van der Waals surface area contributed by atoms with Crippen LogP contribution in [0.3, 0.4) is 0 Å². The molecule has 5 heteroatoms. The Balaban J connectivity index is 1.50. The van der Waals surface area contributed by atoms with Crippen molar-refractivity contribution in [1.29, 1.82) is 0 Å². The zero-order valence-corrected chi connectivity index (χ0v) is 17.7. The van der Waals surface area contributed by atoms with Crippen LogP contribution in [0.15, 0.2) is 18.2 Å². The van der Waals surface area contributed by atoms with Gasteiger partial charge in [-0.05, 0) is 94.1 Å². The summed E-state index contributed by atoms with van der Waals surface area (Å²) >= 11 is 0. The highest BCUT2D eigenvalue weighted by Crippen LogP contribution is 2.44. The molecule has 29 heavy (non-hydrogen) atoms. The van der Waals surface area contributed by atoms with E-state index in [2.05, 4.69) is 35.5 Å². The Bertz CT molecular complexity index is 893. The van der Waals surface area contributed by atoms with Gasteiger partial charge < -0.3 is 15.0 Å². The van der Waals surface area contributed by atoms with Crippen LogP contribution in [0.5, 0.6) is 5.75 Å². The number of likely N-dealkylation sites (N-methyl/N-ethyl adjacent to an activating group) is 1. The first-order valence-corrected chi connectivity index (χ1v) is 11.2. The van der Waals surface area contributed by atoms with E-state index in [1.807, 2.05) is 0 Å². The van der Waals surface area contributed by atoms with Crippen LogP contribution in [0, 0.1) is 0 Å². The topological polar surface area (TPSA) is 50.3 Å². The minimum absolute atomic E-state index is 0.465. The highest BCUT2D eigenvalue weighted by atomic mass is 16.5. The zero-order chi connectivity index (χ0) is 19.8. The highest BCUT2D eigenvalue weighted by molar-refractivity contribution is 5.73. The molecule has 5 rings (SSSR count). The number of aromatic nitrogens is 2. The third kappa shape index (κ3) is 3.85. The molecule has 1 atom stereocenters. The lowest BCUT2D eigenvalue weighted by Crippen LogP contribution is -2.40. The number of likely N-dealkylation sites (tertiary alicyclic amines) is 1. The number of hydrogen-bond donors (Lipinski definition) is 1. The molecule has 2 aromatic rings. The summed E-state index contributed by atoms with van der Waals surface area (Å²) < 4.78 is 5.78. The molecule has 2 fully saturated rings. The summed E-state index contributed by atoms with van der Waals surface area (Å²) in [7, 11) is 3.97. The molecule has 1 saturated heterocycles. The van der Waals surface area contributed by atoms with Crippen LogP contribution in [0.4, 0.5) is 5.82 Å². The van der Waals surface area contributed by atoms with Gasteiger partial charge in [-0.2, -0.15) is 0 Å². The lowest BCUT2D eigenvalue weighted by molar-refractivity contribution is 0.260. The largest absolute Gasteiger partial charge is 0.496 e. The van der Waals surface area contributed by atoms with E-state index < -0.39 is 0 Å². The van der Waals surface area contributed by atoms with E-state index in [4.69, 9.17) is 14.9 Å². The van der Waals surface area contributed by atoms with Crippen molar-refractivity contribution < 1.29 is 4.74 Å². The molecule has 0 bridgehead atoms. The van der Waals surface area contributed by atoms with Crippen molar-refractivity contribution in [3.8, 4) is 17.0 Å². The van der Waals surface area contributed by atoms with Gasteiger partial charge in [-0.25, -0.2) is 0 Å². The summed E-state index contributed by atoms with van der Waals surface area (Å²) in [6, 6.07) is 7.14. The Morgan fingerprint density at radius 3 is 2.62 bits per heavy atom. The second kappa shape index (κ2) is 7.94. The Morgan fingerprint density at radius 2 is 1.86 bits per heavy atom. The van der Waals surface area contributed by atoms with Gasteiger partial charge in [0.1, 0.15) is 11.4 Å². The molecule has 1 aliphatic heterocycles. The SMILES string of the molecule is COc1cc(C2CC2)ccc1-c1nnc(N[C@@H]2CCCN(C)C2)c2c1CCCC2. The summed E-state index contributed by atoms with van der Waals surface area (Å²) in [5.74, 6) is 2.67. The van der Waals surface area contributed by atoms with Crippen LogP contribution in [0.25, 0.3) is 11.3 Å². The summed E-state index contributed by atoms with van der Waals surface area (Å²) in [4.78, 5) is 2.40. The number of nitrogens with one attached hydrogen (secondary N) is 1. The molecule has 154 valence electrons. The van der Waals surface area contributed by atoms with Crippen molar-refractivity contribution in [2.24, 2.45) is 0 Å². The number of benzene rings is 1. The molecule has 0 amide bonds. The predicted octanol–water partition coefficient (Wildman–Crippen LogP) is 4.41. The van der Waals surface area contributed by atoms with Crippen LogP contribution in [-0.2, 0) is 12.8 Å². The Hall–Kier alpha value is -2.14. The smallest absolute Gasteiger partial charge is 0.152 e. The number of hydrogen-bond acceptors (Lipinski definition) is 5. The van der Waals surface area contributed by atoms with Gasteiger partial charge in [-0.3, -0.25) is 0 Å². The molecule has 1 N–H and O–H groups in total. The van der Waals surface area contributed by atoms with Gasteiger partial charge >= 0.3 is 0 Å².